The first kappa shape index (κ1) is 35.7. The summed E-state index contributed by atoms with van der Waals surface area (Å²) in [5.41, 5.74) is 16.1. The van der Waals surface area contributed by atoms with Gasteiger partial charge in [-0.25, -0.2) is 0 Å². The molecule has 0 unspecified atom stereocenters. The molecule has 0 atom stereocenters. The second-order valence-corrected chi connectivity index (χ2v) is 17.4. The number of nitrogens with zero attached hydrogens (tertiary/aromatic N) is 2. The van der Waals surface area contributed by atoms with E-state index in [1.165, 1.54) is 121 Å². The van der Waals surface area contributed by atoms with E-state index in [2.05, 4.69) is 216 Å². The maximum atomic E-state index is 2.43. The number of unbranched alkanes of at least 4 members (excludes halogenated alkanes) is 1. The molecule has 0 radical (unpaired) electrons. The first-order chi connectivity index (χ1) is 30.2. The molecule has 9 aromatic carbocycles. The van der Waals surface area contributed by atoms with Gasteiger partial charge in [0.2, 0.25) is 0 Å². The molecule has 12 rings (SSSR count). The smallest absolute Gasteiger partial charge is 0.0541 e. The van der Waals surface area contributed by atoms with E-state index < -0.39 is 0 Å². The van der Waals surface area contributed by atoms with E-state index in [-0.39, 0.29) is 0 Å². The molecule has 2 nitrogen and oxygen atoms in total. The van der Waals surface area contributed by atoms with E-state index in [9.17, 15) is 0 Å². The van der Waals surface area contributed by atoms with Crippen molar-refractivity contribution in [3.63, 3.8) is 0 Å². The van der Waals surface area contributed by atoms with Gasteiger partial charge in [-0.1, -0.05) is 147 Å². The molecule has 290 valence electrons. The van der Waals surface area contributed by atoms with Crippen molar-refractivity contribution in [1.82, 2.24) is 9.13 Å². The molecule has 0 aliphatic carbocycles. The van der Waals surface area contributed by atoms with Gasteiger partial charge in [0.15, 0.2) is 0 Å². The average molecular weight is 799 g/mol. The number of thiophene rings is 1. The Balaban J connectivity index is 0.950. The maximum absolute atomic E-state index is 2.43. The Morgan fingerprint density at radius 1 is 0.393 bits per heavy atom. The number of aromatic nitrogens is 2. The maximum Gasteiger partial charge on any atom is 0.0541 e. The highest BCUT2D eigenvalue weighted by Gasteiger charge is 2.18. The van der Waals surface area contributed by atoms with Crippen LogP contribution in [0.3, 0.4) is 0 Å². The summed E-state index contributed by atoms with van der Waals surface area (Å²) >= 11 is 1.95. The minimum Gasteiger partial charge on any atom is -0.309 e. The third-order valence-electron chi connectivity index (χ3n) is 12.7. The Hall–Kier alpha value is -7.20. The lowest BCUT2D eigenvalue weighted by Crippen LogP contribution is -1.94. The molecule has 0 aliphatic heterocycles. The molecule has 3 aromatic heterocycles. The van der Waals surface area contributed by atoms with Gasteiger partial charge in [0.05, 0.1) is 22.1 Å². The van der Waals surface area contributed by atoms with Crippen LogP contribution in [0.15, 0.2) is 200 Å². The van der Waals surface area contributed by atoms with Crippen LogP contribution in [0, 0.1) is 0 Å². The molecule has 0 N–H and O–H groups in total. The fourth-order valence-electron chi connectivity index (χ4n) is 9.79. The van der Waals surface area contributed by atoms with Gasteiger partial charge in [0.25, 0.3) is 0 Å². The summed E-state index contributed by atoms with van der Waals surface area (Å²) in [5.74, 6) is 0. The molecule has 0 amide bonds. The first-order valence-electron chi connectivity index (χ1n) is 21.5. The van der Waals surface area contributed by atoms with Gasteiger partial charge >= 0.3 is 0 Å². The molecule has 0 spiro atoms. The quantitative estimate of drug-likeness (QED) is 0.145. The van der Waals surface area contributed by atoms with Crippen LogP contribution < -0.4 is 0 Å². The highest BCUT2D eigenvalue weighted by atomic mass is 32.1. The van der Waals surface area contributed by atoms with Crippen LogP contribution in [0.2, 0.25) is 0 Å². The highest BCUT2D eigenvalue weighted by Crippen LogP contribution is 2.43. The Morgan fingerprint density at radius 2 is 0.951 bits per heavy atom. The molecule has 3 heterocycles. The molecule has 0 fully saturated rings. The van der Waals surface area contributed by atoms with Crippen LogP contribution in [0.25, 0.3) is 109 Å². The average Bonchev–Trinajstić information content (AvgIpc) is 3.99. The molecule has 0 aliphatic rings. The van der Waals surface area contributed by atoms with Gasteiger partial charge in [-0.3, -0.25) is 0 Å². The molecular weight excluding hydrogens is 757 g/mol. The molecule has 0 saturated heterocycles. The standard InChI is InChI=1S/C58H42N2S/c1-2-3-14-40-27-32-46(57-49-21-9-12-24-56(49)61-58(40)57)39-25-30-44(31-26-39)59-52-22-10-7-19-47(52)50-36-42(28-33-54(50)59)43-29-34-55-51(37-43)48-20-8-11-23-53(48)60(55)45-18-13-17-41(35-45)38-15-5-4-6-16-38/h4-13,15-37H,2-3,14H2,1H3. The van der Waals surface area contributed by atoms with Crippen molar-refractivity contribution in [3.8, 4) is 44.8 Å². The SMILES string of the molecule is CCCCc1ccc(-c2ccc(-n3c4ccccc4c4cc(-c5ccc6c(c5)c5ccccc5n6-c5cccc(-c6ccccc6)c5)ccc43)cc2)c2c1sc1ccccc12. The fraction of sp³-hybridized carbons (Fsp3) is 0.0690. The second kappa shape index (κ2) is 14.5. The summed E-state index contributed by atoms with van der Waals surface area (Å²) in [5, 5.41) is 7.78. The lowest BCUT2D eigenvalue weighted by molar-refractivity contribution is 0.800. The zero-order valence-electron chi connectivity index (χ0n) is 34.0. The molecule has 12 aromatic rings. The summed E-state index contributed by atoms with van der Waals surface area (Å²) in [6.45, 7) is 2.28. The van der Waals surface area contributed by atoms with Crippen LogP contribution in [-0.2, 0) is 6.42 Å². The predicted octanol–water partition coefficient (Wildman–Crippen LogP) is 16.6. The fourth-order valence-corrected chi connectivity index (χ4v) is 11.1. The van der Waals surface area contributed by atoms with E-state index in [1.54, 1.807) is 0 Å². The topological polar surface area (TPSA) is 9.86 Å². The lowest BCUT2D eigenvalue weighted by atomic mass is 9.95. The van der Waals surface area contributed by atoms with Gasteiger partial charge in [-0.15, -0.1) is 11.3 Å². The van der Waals surface area contributed by atoms with Crippen LogP contribution in [-0.4, -0.2) is 9.13 Å². The van der Waals surface area contributed by atoms with Crippen molar-refractivity contribution in [2.45, 2.75) is 26.2 Å². The number of para-hydroxylation sites is 2. The van der Waals surface area contributed by atoms with Gasteiger partial charge in [-0.05, 0) is 119 Å². The molecule has 0 saturated carbocycles. The van der Waals surface area contributed by atoms with E-state index in [4.69, 9.17) is 0 Å². The third-order valence-corrected chi connectivity index (χ3v) is 14.0. The zero-order chi connectivity index (χ0) is 40.4. The third kappa shape index (κ3) is 5.84. The number of rotatable bonds is 8. The summed E-state index contributed by atoms with van der Waals surface area (Å²) in [6.07, 6.45) is 3.54. The van der Waals surface area contributed by atoms with Crippen molar-refractivity contribution in [3.05, 3.63) is 206 Å². The van der Waals surface area contributed by atoms with Crippen molar-refractivity contribution >= 4 is 75.1 Å². The van der Waals surface area contributed by atoms with Crippen molar-refractivity contribution in [1.29, 1.82) is 0 Å². The van der Waals surface area contributed by atoms with E-state index in [0.29, 0.717) is 0 Å². The number of hydrogen-bond donors (Lipinski definition) is 0. The largest absolute Gasteiger partial charge is 0.309 e. The summed E-state index contributed by atoms with van der Waals surface area (Å²) in [6, 6.07) is 74.1. The molecule has 0 bridgehead atoms. The van der Waals surface area contributed by atoms with E-state index in [0.717, 1.165) is 12.1 Å². The Labute approximate surface area is 359 Å². The minimum absolute atomic E-state index is 1.12. The number of benzene rings is 9. The second-order valence-electron chi connectivity index (χ2n) is 16.3. The van der Waals surface area contributed by atoms with Gasteiger partial charge < -0.3 is 9.13 Å². The van der Waals surface area contributed by atoms with Crippen molar-refractivity contribution < 1.29 is 0 Å². The number of fused-ring (bicyclic) bond motifs is 9. The normalized spacial score (nSPS) is 11.9. The zero-order valence-corrected chi connectivity index (χ0v) is 34.8. The van der Waals surface area contributed by atoms with Crippen LogP contribution in [0.5, 0.6) is 0 Å². The minimum atomic E-state index is 1.12. The Kier molecular flexibility index (Phi) is 8.50. The summed E-state index contributed by atoms with van der Waals surface area (Å²) in [7, 11) is 0. The van der Waals surface area contributed by atoms with E-state index >= 15 is 0 Å². The van der Waals surface area contributed by atoms with Crippen molar-refractivity contribution in [2.24, 2.45) is 0 Å². The van der Waals surface area contributed by atoms with E-state index in [1.807, 2.05) is 11.3 Å². The highest BCUT2D eigenvalue weighted by molar-refractivity contribution is 7.26. The summed E-state index contributed by atoms with van der Waals surface area (Å²) in [4.78, 5) is 0. The van der Waals surface area contributed by atoms with Crippen LogP contribution in [0.1, 0.15) is 25.3 Å². The number of aryl methyl sites for hydroxylation is 1. The van der Waals surface area contributed by atoms with Gasteiger partial charge in [0, 0.05) is 53.1 Å². The molecule has 3 heteroatoms. The van der Waals surface area contributed by atoms with Gasteiger partial charge in [-0.2, -0.15) is 0 Å². The van der Waals surface area contributed by atoms with Crippen LogP contribution in [0.4, 0.5) is 0 Å². The first-order valence-corrected chi connectivity index (χ1v) is 22.3. The molecular formula is C58H42N2S. The Bertz CT molecular complexity index is 3620. The monoisotopic (exact) mass is 798 g/mol. The summed E-state index contributed by atoms with van der Waals surface area (Å²) < 4.78 is 7.65. The van der Waals surface area contributed by atoms with Crippen molar-refractivity contribution in [2.75, 3.05) is 0 Å². The molecule has 61 heavy (non-hydrogen) atoms. The predicted molar refractivity (Wildman–Crippen MR) is 263 cm³/mol. The van der Waals surface area contributed by atoms with Crippen LogP contribution >= 0.6 is 11.3 Å². The lowest BCUT2D eigenvalue weighted by Gasteiger charge is -2.12. The van der Waals surface area contributed by atoms with Gasteiger partial charge in [0.1, 0.15) is 0 Å². The Morgan fingerprint density at radius 3 is 1.64 bits per heavy atom. The number of hydrogen-bond acceptors (Lipinski definition) is 1.